The summed E-state index contributed by atoms with van der Waals surface area (Å²) in [7, 11) is 0. The minimum absolute atomic E-state index is 0.00176. The van der Waals surface area contributed by atoms with Crippen molar-refractivity contribution < 1.29 is 0 Å². The van der Waals surface area contributed by atoms with E-state index in [9.17, 15) is 0 Å². The number of hydrogen-bond acceptors (Lipinski definition) is 0. The SMILES string of the molecule is C/C1=C(\C)C2(C)/C(C)=C(\C)C(C)(C)C(C)(C(C)(C)C1(C)C)C(C)(C)C(C)(C)C2(C)C. The summed E-state index contributed by atoms with van der Waals surface area (Å²) in [4.78, 5) is 0. The molecule has 0 heteroatoms. The Kier molecular flexibility index (Phi) is 5.22. The van der Waals surface area contributed by atoms with Crippen LogP contribution in [0, 0.1) is 43.3 Å². The molecule has 0 saturated heterocycles. The largest absolute Gasteiger partial charge is 0.0673 e. The lowest BCUT2D eigenvalue weighted by atomic mass is 9.30. The van der Waals surface area contributed by atoms with Gasteiger partial charge in [0.1, 0.15) is 0 Å². The van der Waals surface area contributed by atoms with E-state index in [1.165, 1.54) is 0 Å². The van der Waals surface area contributed by atoms with Gasteiger partial charge < -0.3 is 0 Å². The molecule has 0 spiro atoms. The molecule has 0 nitrogen and oxygen atoms in total. The Hall–Kier alpha value is -0.520. The van der Waals surface area contributed by atoms with E-state index in [0.717, 1.165) is 0 Å². The van der Waals surface area contributed by atoms with E-state index in [-0.39, 0.29) is 43.3 Å². The van der Waals surface area contributed by atoms with E-state index in [4.69, 9.17) is 0 Å². The highest BCUT2D eigenvalue weighted by Crippen LogP contribution is 2.80. The topological polar surface area (TPSA) is 0 Å². The first kappa shape index (κ1) is 25.7. The molecule has 0 aromatic heterocycles. The molecule has 2 atom stereocenters. The second-order valence-electron chi connectivity index (χ2n) is 14.5. The summed E-state index contributed by atoms with van der Waals surface area (Å²) in [5.74, 6) is 0. The monoisotopic (exact) mass is 414 g/mol. The molecule has 3 aliphatic carbocycles. The highest BCUT2D eigenvalue weighted by Gasteiger charge is 2.73. The van der Waals surface area contributed by atoms with Gasteiger partial charge in [0.25, 0.3) is 0 Å². The van der Waals surface area contributed by atoms with Crippen LogP contribution in [-0.4, -0.2) is 0 Å². The van der Waals surface area contributed by atoms with E-state index in [0.29, 0.717) is 0 Å². The van der Waals surface area contributed by atoms with Crippen molar-refractivity contribution >= 4 is 0 Å². The van der Waals surface area contributed by atoms with E-state index in [1.807, 2.05) is 0 Å². The molecule has 0 radical (unpaired) electrons. The third-order valence-corrected chi connectivity index (χ3v) is 14.2. The van der Waals surface area contributed by atoms with Crippen molar-refractivity contribution in [1.82, 2.24) is 0 Å². The van der Waals surface area contributed by atoms with Crippen LogP contribution in [0.1, 0.15) is 125 Å². The summed E-state index contributed by atoms with van der Waals surface area (Å²) >= 11 is 0. The van der Waals surface area contributed by atoms with Gasteiger partial charge in [-0.3, -0.25) is 0 Å². The normalized spacial score (nSPS) is 43.4. The van der Waals surface area contributed by atoms with Crippen LogP contribution >= 0.6 is 0 Å². The van der Waals surface area contributed by atoms with Crippen LogP contribution < -0.4 is 0 Å². The number of rotatable bonds is 0. The summed E-state index contributed by atoms with van der Waals surface area (Å²) in [5.41, 5.74) is 6.89. The molecular weight excluding hydrogens is 360 g/mol. The molecule has 2 bridgehead atoms. The standard InChI is InChI=1S/C30H54/c1-19-21(3)29(17)22(4)20(2)24(7,8)30(18,25(9,10)23(19,5)6)28(15,16)26(11,12)27(29,13)14/h1-18H3/b21-19-,22-20+. The van der Waals surface area contributed by atoms with Crippen LogP contribution in [-0.2, 0) is 0 Å². The molecule has 0 aliphatic heterocycles. The Labute approximate surface area is 190 Å². The first-order valence-corrected chi connectivity index (χ1v) is 12.2. The van der Waals surface area contributed by atoms with Crippen LogP contribution in [0.2, 0.25) is 0 Å². The molecule has 0 N–H and O–H groups in total. The maximum Gasteiger partial charge on any atom is 0.0149 e. The van der Waals surface area contributed by atoms with Crippen molar-refractivity contribution in [3.63, 3.8) is 0 Å². The lowest BCUT2D eigenvalue weighted by Gasteiger charge is -2.74. The van der Waals surface area contributed by atoms with E-state index < -0.39 is 0 Å². The highest BCUT2D eigenvalue weighted by atomic mass is 14.8. The lowest BCUT2D eigenvalue weighted by Crippen LogP contribution is -2.68. The van der Waals surface area contributed by atoms with Crippen molar-refractivity contribution in [1.29, 1.82) is 0 Å². The molecule has 0 heterocycles. The minimum Gasteiger partial charge on any atom is -0.0673 e. The fourth-order valence-electron chi connectivity index (χ4n) is 8.75. The van der Waals surface area contributed by atoms with E-state index in [1.54, 1.807) is 22.3 Å². The Bertz CT molecular complexity index is 818. The Morgan fingerprint density at radius 3 is 1.03 bits per heavy atom. The smallest absolute Gasteiger partial charge is 0.0149 e. The molecule has 30 heavy (non-hydrogen) atoms. The van der Waals surface area contributed by atoms with Gasteiger partial charge in [-0.25, -0.2) is 0 Å². The van der Waals surface area contributed by atoms with Gasteiger partial charge in [-0.15, -0.1) is 0 Å². The number of allylic oxidation sites excluding steroid dienone is 4. The highest BCUT2D eigenvalue weighted by molar-refractivity contribution is 5.45. The van der Waals surface area contributed by atoms with Crippen LogP contribution in [0.15, 0.2) is 22.3 Å². The fraction of sp³-hybridized carbons (Fsp3) is 0.867. The summed E-state index contributed by atoms with van der Waals surface area (Å²) in [6, 6.07) is 0. The third kappa shape index (κ3) is 2.16. The molecule has 3 rings (SSSR count). The molecule has 0 amide bonds. The lowest BCUT2D eigenvalue weighted by molar-refractivity contribution is -0.230. The van der Waals surface area contributed by atoms with Crippen molar-refractivity contribution in [2.24, 2.45) is 43.3 Å². The molecule has 0 fully saturated rings. The van der Waals surface area contributed by atoms with Gasteiger partial charge >= 0.3 is 0 Å². The zero-order valence-corrected chi connectivity index (χ0v) is 24.0. The van der Waals surface area contributed by atoms with Crippen LogP contribution in [0.4, 0.5) is 0 Å². The second kappa shape index (κ2) is 6.08. The molecular formula is C30H54. The van der Waals surface area contributed by atoms with Crippen molar-refractivity contribution in [2.45, 2.75) is 125 Å². The molecule has 3 aliphatic rings. The molecule has 174 valence electrons. The van der Waals surface area contributed by atoms with Gasteiger partial charge in [0.15, 0.2) is 0 Å². The van der Waals surface area contributed by atoms with Crippen molar-refractivity contribution in [2.75, 3.05) is 0 Å². The average Bonchev–Trinajstić information content (AvgIpc) is 2.61. The Balaban J connectivity index is 3.47. The van der Waals surface area contributed by atoms with Gasteiger partial charge in [0.05, 0.1) is 0 Å². The fourth-order valence-corrected chi connectivity index (χ4v) is 8.75. The summed E-state index contributed by atoms with van der Waals surface area (Å²) in [6.07, 6.45) is 0. The maximum atomic E-state index is 2.64. The van der Waals surface area contributed by atoms with E-state index in [2.05, 4.69) is 125 Å². The van der Waals surface area contributed by atoms with Crippen molar-refractivity contribution in [3.05, 3.63) is 22.3 Å². The first-order valence-electron chi connectivity index (χ1n) is 12.2. The molecule has 0 aromatic carbocycles. The zero-order chi connectivity index (χ0) is 24.3. The second-order valence-corrected chi connectivity index (χ2v) is 14.5. The zero-order valence-electron chi connectivity index (χ0n) is 24.0. The minimum atomic E-state index is -0.00176. The first-order chi connectivity index (χ1) is 12.9. The van der Waals surface area contributed by atoms with Crippen LogP contribution in [0.5, 0.6) is 0 Å². The van der Waals surface area contributed by atoms with Crippen LogP contribution in [0.25, 0.3) is 0 Å². The third-order valence-electron chi connectivity index (χ3n) is 14.2. The molecule has 0 saturated carbocycles. The predicted octanol–water partition coefficient (Wildman–Crippen LogP) is 9.86. The molecule has 2 unspecified atom stereocenters. The number of hydrogen-bond donors (Lipinski definition) is 0. The summed E-state index contributed by atoms with van der Waals surface area (Å²) in [6.45, 7) is 45.8. The van der Waals surface area contributed by atoms with E-state index >= 15 is 0 Å². The predicted molar refractivity (Wildman–Crippen MR) is 136 cm³/mol. The van der Waals surface area contributed by atoms with Gasteiger partial charge in [-0.1, -0.05) is 119 Å². The Morgan fingerprint density at radius 2 is 0.667 bits per heavy atom. The summed E-state index contributed by atoms with van der Waals surface area (Å²) < 4.78 is 0. The van der Waals surface area contributed by atoms with Crippen molar-refractivity contribution in [3.8, 4) is 0 Å². The van der Waals surface area contributed by atoms with Crippen LogP contribution in [0.3, 0.4) is 0 Å². The molecule has 0 aromatic rings. The maximum absolute atomic E-state index is 2.64. The van der Waals surface area contributed by atoms with Gasteiger partial charge in [-0.2, -0.15) is 0 Å². The van der Waals surface area contributed by atoms with Gasteiger partial charge in [-0.05, 0) is 65.6 Å². The van der Waals surface area contributed by atoms with Gasteiger partial charge in [0, 0.05) is 5.41 Å². The van der Waals surface area contributed by atoms with Gasteiger partial charge in [0.2, 0.25) is 0 Å². The Morgan fingerprint density at radius 1 is 0.333 bits per heavy atom. The summed E-state index contributed by atoms with van der Waals surface area (Å²) in [5, 5.41) is 0. The number of fused-ring (bicyclic) bond motifs is 5. The quantitative estimate of drug-likeness (QED) is 0.346. The average molecular weight is 415 g/mol.